The molecule has 15 heavy (non-hydrogen) atoms. The van der Waals surface area contributed by atoms with E-state index in [9.17, 15) is 0 Å². The topological polar surface area (TPSA) is 3.24 Å². The summed E-state index contributed by atoms with van der Waals surface area (Å²) in [5.74, 6) is 0. The zero-order valence-electron chi connectivity index (χ0n) is 13.0. The van der Waals surface area contributed by atoms with Crippen molar-refractivity contribution in [3.63, 3.8) is 0 Å². The first-order valence-corrected chi connectivity index (χ1v) is 6.83. The Kier molecular flexibility index (Phi) is 59.9. The zero-order chi connectivity index (χ0) is 13.1. The average Bonchev–Trinajstić information content (AvgIpc) is 2.25. The van der Waals surface area contributed by atoms with Crippen molar-refractivity contribution in [2.45, 2.75) is 74.1 Å². The van der Waals surface area contributed by atoms with Gasteiger partial charge in [0.1, 0.15) is 0 Å². The van der Waals surface area contributed by atoms with E-state index in [4.69, 9.17) is 0 Å². The van der Waals surface area contributed by atoms with Gasteiger partial charge in [0.15, 0.2) is 0 Å². The lowest BCUT2D eigenvalue weighted by Crippen LogP contribution is -2.11. The highest BCUT2D eigenvalue weighted by Gasteiger charge is 1.79. The van der Waals surface area contributed by atoms with Crippen LogP contribution in [-0.2, 0) is 0 Å². The van der Waals surface area contributed by atoms with Crippen molar-refractivity contribution in [1.29, 1.82) is 0 Å². The molecule has 0 rings (SSSR count). The third-order valence-electron chi connectivity index (χ3n) is 1.38. The Labute approximate surface area is 100 Å². The van der Waals surface area contributed by atoms with Crippen molar-refractivity contribution < 1.29 is 0 Å². The Balaban J connectivity index is -0.0000000610. The lowest BCUT2D eigenvalue weighted by Gasteiger charge is -2.03. The second-order valence-electron chi connectivity index (χ2n) is 3.16. The number of hydrogen-bond donors (Lipinski definition) is 0. The largest absolute Gasteiger partial charge is 0.309 e. The van der Waals surface area contributed by atoms with Gasteiger partial charge in [0.25, 0.3) is 0 Å². The van der Waals surface area contributed by atoms with E-state index in [1.807, 2.05) is 27.7 Å². The van der Waals surface area contributed by atoms with E-state index in [0.717, 1.165) is 0 Å². The molecule has 0 atom stereocenters. The van der Waals surface area contributed by atoms with Crippen LogP contribution in [0.4, 0.5) is 0 Å². The maximum absolute atomic E-state index is 2.21. The Morgan fingerprint density at radius 1 is 0.667 bits per heavy atom. The Morgan fingerprint density at radius 2 is 1.00 bits per heavy atom. The molecule has 0 aromatic heterocycles. The van der Waals surface area contributed by atoms with Gasteiger partial charge in [-0.2, -0.15) is 0 Å². The fourth-order valence-corrected chi connectivity index (χ4v) is 0.801. The molecule has 0 aliphatic rings. The minimum absolute atomic E-state index is 1.21. The molecule has 0 spiro atoms. The van der Waals surface area contributed by atoms with Crippen molar-refractivity contribution in [3.8, 4) is 0 Å². The van der Waals surface area contributed by atoms with E-state index in [1.54, 1.807) is 0 Å². The molecular weight excluding hydrogens is 182 g/mol. The summed E-state index contributed by atoms with van der Waals surface area (Å²) in [6.07, 6.45) is 5.33. The summed E-state index contributed by atoms with van der Waals surface area (Å²) in [6, 6.07) is 0. The van der Waals surface area contributed by atoms with Crippen molar-refractivity contribution in [2.24, 2.45) is 0 Å². The van der Waals surface area contributed by atoms with Crippen LogP contribution in [0.25, 0.3) is 0 Å². The molecule has 0 aliphatic carbocycles. The molecule has 0 N–H and O–H groups in total. The predicted octanol–water partition coefficient (Wildman–Crippen LogP) is 5.21. The van der Waals surface area contributed by atoms with Crippen molar-refractivity contribution in [3.05, 3.63) is 0 Å². The smallest absolute Gasteiger partial charge is 0.00275 e. The van der Waals surface area contributed by atoms with Gasteiger partial charge in [-0.25, -0.2) is 0 Å². The Bertz CT molecular complexity index is 49.3. The summed E-state index contributed by atoms with van der Waals surface area (Å²) in [6.45, 7) is 15.8. The zero-order valence-corrected chi connectivity index (χ0v) is 13.0. The van der Waals surface area contributed by atoms with Gasteiger partial charge in [-0.3, -0.25) is 0 Å². The van der Waals surface area contributed by atoms with Crippen molar-refractivity contribution >= 4 is 0 Å². The third kappa shape index (κ3) is 81.2. The predicted molar refractivity (Wildman–Crippen MR) is 76.7 cm³/mol. The molecule has 0 saturated heterocycles. The highest BCUT2D eigenvalue weighted by atomic mass is 15.0. The van der Waals surface area contributed by atoms with Crippen molar-refractivity contribution in [1.82, 2.24) is 4.90 Å². The van der Waals surface area contributed by atoms with Gasteiger partial charge >= 0.3 is 0 Å². The van der Waals surface area contributed by atoms with Crippen LogP contribution in [-0.4, -0.2) is 25.5 Å². The molecule has 0 amide bonds. The van der Waals surface area contributed by atoms with Gasteiger partial charge in [-0.15, -0.1) is 0 Å². The molecule has 0 fully saturated rings. The van der Waals surface area contributed by atoms with Crippen LogP contribution >= 0.6 is 0 Å². The van der Waals surface area contributed by atoms with E-state index in [-0.39, 0.29) is 0 Å². The first kappa shape index (κ1) is 24.3. The van der Waals surface area contributed by atoms with E-state index in [2.05, 4.69) is 39.8 Å². The fourth-order valence-electron chi connectivity index (χ4n) is 0.801. The van der Waals surface area contributed by atoms with Gasteiger partial charge in [0, 0.05) is 0 Å². The van der Waals surface area contributed by atoms with E-state index in [1.165, 1.54) is 32.2 Å². The van der Waals surface area contributed by atoms with Gasteiger partial charge in [-0.05, 0) is 27.1 Å². The normalized spacial score (nSPS) is 7.60. The van der Waals surface area contributed by atoms with Crippen LogP contribution < -0.4 is 0 Å². The van der Waals surface area contributed by atoms with E-state index < -0.39 is 0 Å². The Hall–Kier alpha value is -0.0400. The lowest BCUT2D eigenvalue weighted by atomic mass is 10.3. The van der Waals surface area contributed by atoms with Crippen LogP contribution in [0.5, 0.6) is 0 Å². The Morgan fingerprint density at radius 3 is 1.00 bits per heavy atom. The molecule has 1 heteroatoms. The highest BCUT2D eigenvalue weighted by molar-refractivity contribution is 4.34. The van der Waals surface area contributed by atoms with Gasteiger partial charge in [0.2, 0.25) is 0 Å². The molecule has 0 bridgehead atoms. The standard InChI is InChI=1S/C5H13N.C5H12.2C2H6/c1-4-5-6(2)3;1-3-5-4-2;2*1-2/h4-5H2,1-3H3;3-5H2,1-2H3;2*1-2H3. The fraction of sp³-hybridized carbons (Fsp3) is 1.00. The number of unbranched alkanes of at least 4 members (excludes halogenated alkanes) is 2. The number of nitrogens with zero attached hydrogens (tertiary/aromatic N) is 1. The van der Waals surface area contributed by atoms with E-state index >= 15 is 0 Å². The van der Waals surface area contributed by atoms with Gasteiger partial charge in [-0.1, -0.05) is 67.7 Å². The minimum Gasteiger partial charge on any atom is -0.309 e. The first-order valence-electron chi connectivity index (χ1n) is 6.83. The minimum atomic E-state index is 1.21. The summed E-state index contributed by atoms with van der Waals surface area (Å²) in [5, 5.41) is 0. The summed E-state index contributed by atoms with van der Waals surface area (Å²) in [7, 11) is 4.17. The second kappa shape index (κ2) is 37.0. The molecule has 0 aliphatic heterocycles. The lowest BCUT2D eigenvalue weighted by molar-refractivity contribution is 0.408. The molecule has 0 radical (unpaired) electrons. The first-order chi connectivity index (χ1) is 7.18. The van der Waals surface area contributed by atoms with Gasteiger partial charge < -0.3 is 4.90 Å². The highest BCUT2D eigenvalue weighted by Crippen LogP contribution is 1.88. The monoisotopic (exact) mass is 219 g/mol. The number of hydrogen-bond acceptors (Lipinski definition) is 1. The van der Waals surface area contributed by atoms with Crippen LogP contribution in [0.1, 0.15) is 74.1 Å². The van der Waals surface area contributed by atoms with Crippen LogP contribution in [0.2, 0.25) is 0 Å². The second-order valence-corrected chi connectivity index (χ2v) is 3.16. The average molecular weight is 219 g/mol. The summed E-state index contributed by atoms with van der Waals surface area (Å²) in [5.41, 5.74) is 0. The molecule has 0 saturated carbocycles. The summed E-state index contributed by atoms with van der Waals surface area (Å²) < 4.78 is 0. The SMILES string of the molecule is CC.CC.CCCCC.CCCN(C)C. The van der Waals surface area contributed by atoms with E-state index in [0.29, 0.717) is 0 Å². The summed E-state index contributed by atoms with van der Waals surface area (Å²) in [4.78, 5) is 2.18. The molecule has 0 heterocycles. The quantitative estimate of drug-likeness (QED) is 0.627. The molecule has 0 aromatic carbocycles. The molecule has 98 valence electrons. The number of rotatable bonds is 4. The van der Waals surface area contributed by atoms with Crippen LogP contribution in [0, 0.1) is 0 Å². The van der Waals surface area contributed by atoms with Crippen LogP contribution in [0.3, 0.4) is 0 Å². The molecule has 0 aromatic rings. The maximum atomic E-state index is 2.21. The maximum Gasteiger partial charge on any atom is -0.00275 e. The molecular formula is C14H37N. The third-order valence-corrected chi connectivity index (χ3v) is 1.38. The summed E-state index contributed by atoms with van der Waals surface area (Å²) >= 11 is 0. The molecule has 1 nitrogen and oxygen atoms in total. The molecule has 0 unspecified atom stereocenters. The van der Waals surface area contributed by atoms with Gasteiger partial charge in [0.05, 0.1) is 0 Å². The van der Waals surface area contributed by atoms with Crippen molar-refractivity contribution in [2.75, 3.05) is 20.6 Å². The van der Waals surface area contributed by atoms with Crippen LogP contribution in [0.15, 0.2) is 0 Å².